The second-order valence-electron chi connectivity index (χ2n) is 5.51. The first-order chi connectivity index (χ1) is 8.56. The molecule has 1 aromatic rings. The van der Waals surface area contributed by atoms with Gasteiger partial charge in [0, 0.05) is 38.2 Å². The van der Waals surface area contributed by atoms with Crippen LogP contribution in [-0.2, 0) is 0 Å². The van der Waals surface area contributed by atoms with Crippen molar-refractivity contribution >= 4 is 5.91 Å². The minimum absolute atomic E-state index is 0.0541. The van der Waals surface area contributed by atoms with E-state index in [4.69, 9.17) is 0 Å². The third-order valence-electron chi connectivity index (χ3n) is 4.12. The summed E-state index contributed by atoms with van der Waals surface area (Å²) in [7, 11) is 3.90. The first kappa shape index (κ1) is 11.7. The third-order valence-corrected chi connectivity index (χ3v) is 4.12. The number of amides is 1. The maximum atomic E-state index is 13.4. The van der Waals surface area contributed by atoms with E-state index in [2.05, 4.69) is 11.9 Å². The molecule has 0 radical (unpaired) electrons. The highest BCUT2D eigenvalue weighted by atomic mass is 19.1. The van der Waals surface area contributed by atoms with Crippen LogP contribution in [0, 0.1) is 11.7 Å². The van der Waals surface area contributed by atoms with Crippen LogP contribution in [-0.4, -0.2) is 49.4 Å². The van der Waals surface area contributed by atoms with Crippen LogP contribution in [0.25, 0.3) is 0 Å². The van der Waals surface area contributed by atoms with Crippen molar-refractivity contribution in [3.8, 4) is 0 Å². The second kappa shape index (κ2) is 4.05. The Balaban J connectivity index is 2.12. The molecule has 0 aliphatic carbocycles. The van der Waals surface area contributed by atoms with E-state index in [1.807, 2.05) is 0 Å². The normalized spacial score (nSPS) is 27.9. The number of rotatable bonds is 0. The molecule has 2 aliphatic heterocycles. The van der Waals surface area contributed by atoms with Crippen molar-refractivity contribution in [1.29, 1.82) is 0 Å². The van der Waals surface area contributed by atoms with E-state index in [0.717, 1.165) is 25.2 Å². The summed E-state index contributed by atoms with van der Waals surface area (Å²) < 4.78 is 13.4. The number of carbonyl (C=O) groups excluding carboxylic acids is 1. The first-order valence-corrected chi connectivity index (χ1v) is 6.29. The molecule has 4 heteroatoms. The Labute approximate surface area is 106 Å². The van der Waals surface area contributed by atoms with Gasteiger partial charge in [-0.05, 0) is 30.7 Å². The van der Waals surface area contributed by atoms with Crippen LogP contribution >= 0.6 is 0 Å². The lowest BCUT2D eigenvalue weighted by molar-refractivity contribution is 0.0781. The maximum Gasteiger partial charge on any atom is 0.253 e. The molecule has 2 atom stereocenters. The minimum Gasteiger partial charge on any atom is -0.341 e. The van der Waals surface area contributed by atoms with Crippen molar-refractivity contribution in [1.82, 2.24) is 9.80 Å². The number of fused-ring (bicyclic) bond motifs is 3. The Bertz CT molecular complexity index is 503. The highest BCUT2D eigenvalue weighted by Gasteiger charge is 2.38. The molecule has 1 aromatic carbocycles. The molecule has 1 fully saturated rings. The summed E-state index contributed by atoms with van der Waals surface area (Å²) in [5, 5.41) is 0. The van der Waals surface area contributed by atoms with Gasteiger partial charge in [0.2, 0.25) is 0 Å². The molecule has 1 amide bonds. The lowest BCUT2D eigenvalue weighted by Gasteiger charge is -2.19. The summed E-state index contributed by atoms with van der Waals surface area (Å²) in [6, 6.07) is 4.64. The van der Waals surface area contributed by atoms with Crippen LogP contribution in [0.2, 0.25) is 0 Å². The standard InChI is InChI=1S/C14H17FN2O/c1-16-6-9-7-17(2)14(18)12-5-10(15)3-4-11(12)13(9)8-16/h3-5,9,13H,6-8H2,1-2H3/t9-,13+/m1/s1. The SMILES string of the molecule is CN1C[C@@H]2CN(C)C(=O)c3cc(F)ccc3[C@H]2C1. The molecule has 0 spiro atoms. The quantitative estimate of drug-likeness (QED) is 0.695. The summed E-state index contributed by atoms with van der Waals surface area (Å²) in [6.07, 6.45) is 0. The third kappa shape index (κ3) is 1.72. The number of carbonyl (C=O) groups is 1. The Morgan fingerprint density at radius 2 is 2.00 bits per heavy atom. The molecule has 3 rings (SSSR count). The van der Waals surface area contributed by atoms with E-state index in [0.29, 0.717) is 17.4 Å². The predicted molar refractivity (Wildman–Crippen MR) is 67.1 cm³/mol. The summed E-state index contributed by atoms with van der Waals surface area (Å²) in [5.41, 5.74) is 1.56. The van der Waals surface area contributed by atoms with Crippen LogP contribution in [0.3, 0.4) is 0 Å². The van der Waals surface area contributed by atoms with Crippen molar-refractivity contribution in [2.75, 3.05) is 33.7 Å². The average Bonchev–Trinajstić information content (AvgIpc) is 2.65. The van der Waals surface area contributed by atoms with E-state index < -0.39 is 0 Å². The van der Waals surface area contributed by atoms with E-state index in [1.54, 1.807) is 18.0 Å². The number of nitrogens with zero attached hydrogens (tertiary/aromatic N) is 2. The average molecular weight is 248 g/mol. The fraction of sp³-hybridized carbons (Fsp3) is 0.500. The molecule has 0 N–H and O–H groups in total. The molecule has 3 nitrogen and oxygen atoms in total. The Morgan fingerprint density at radius 3 is 2.78 bits per heavy atom. The summed E-state index contributed by atoms with van der Waals surface area (Å²) in [6.45, 7) is 2.70. The molecule has 96 valence electrons. The Morgan fingerprint density at radius 1 is 1.22 bits per heavy atom. The zero-order valence-electron chi connectivity index (χ0n) is 10.7. The molecular formula is C14H17FN2O. The molecule has 2 aliphatic rings. The second-order valence-corrected chi connectivity index (χ2v) is 5.51. The Kier molecular flexibility index (Phi) is 2.63. The number of halogens is 1. The largest absolute Gasteiger partial charge is 0.341 e. The summed E-state index contributed by atoms with van der Waals surface area (Å²) in [5.74, 6) is 0.414. The molecule has 0 aromatic heterocycles. The summed E-state index contributed by atoms with van der Waals surface area (Å²) in [4.78, 5) is 16.3. The molecule has 18 heavy (non-hydrogen) atoms. The van der Waals surface area contributed by atoms with Crippen molar-refractivity contribution in [3.63, 3.8) is 0 Å². The number of likely N-dealkylation sites (N-methyl/N-ethyl adjacent to an activating group) is 1. The predicted octanol–water partition coefficient (Wildman–Crippen LogP) is 1.56. The summed E-state index contributed by atoms with van der Waals surface area (Å²) >= 11 is 0. The van der Waals surface area contributed by atoms with Gasteiger partial charge in [-0.2, -0.15) is 0 Å². The van der Waals surface area contributed by atoms with Gasteiger partial charge in [-0.25, -0.2) is 4.39 Å². The molecule has 0 unspecified atom stereocenters. The monoisotopic (exact) mass is 248 g/mol. The zero-order valence-corrected chi connectivity index (χ0v) is 10.7. The van der Waals surface area contributed by atoms with Gasteiger partial charge in [-0.3, -0.25) is 4.79 Å². The number of benzene rings is 1. The highest BCUT2D eigenvalue weighted by molar-refractivity contribution is 5.96. The van der Waals surface area contributed by atoms with Gasteiger partial charge in [0.05, 0.1) is 0 Å². The highest BCUT2D eigenvalue weighted by Crippen LogP contribution is 2.37. The van der Waals surface area contributed by atoms with E-state index >= 15 is 0 Å². The molecular weight excluding hydrogens is 231 g/mol. The number of likely N-dealkylation sites (tertiary alicyclic amines) is 1. The molecule has 0 saturated carbocycles. The van der Waals surface area contributed by atoms with Gasteiger partial charge < -0.3 is 9.80 Å². The van der Waals surface area contributed by atoms with E-state index in [9.17, 15) is 9.18 Å². The topological polar surface area (TPSA) is 23.6 Å². The van der Waals surface area contributed by atoms with Crippen LogP contribution < -0.4 is 0 Å². The molecule has 1 saturated heterocycles. The van der Waals surface area contributed by atoms with Gasteiger partial charge in [-0.1, -0.05) is 6.07 Å². The van der Waals surface area contributed by atoms with Crippen LogP contribution in [0.1, 0.15) is 21.8 Å². The van der Waals surface area contributed by atoms with E-state index in [-0.39, 0.29) is 11.7 Å². The van der Waals surface area contributed by atoms with Gasteiger partial charge in [-0.15, -0.1) is 0 Å². The molecule has 0 bridgehead atoms. The van der Waals surface area contributed by atoms with Crippen LogP contribution in [0.15, 0.2) is 18.2 Å². The van der Waals surface area contributed by atoms with Gasteiger partial charge >= 0.3 is 0 Å². The van der Waals surface area contributed by atoms with Gasteiger partial charge in [0.1, 0.15) is 5.82 Å². The lowest BCUT2D eigenvalue weighted by Crippen LogP contribution is -2.31. The fourth-order valence-corrected chi connectivity index (χ4v) is 3.30. The first-order valence-electron chi connectivity index (χ1n) is 6.29. The lowest BCUT2D eigenvalue weighted by atomic mass is 9.87. The fourth-order valence-electron chi connectivity index (χ4n) is 3.30. The van der Waals surface area contributed by atoms with E-state index in [1.165, 1.54) is 12.1 Å². The number of hydrogen-bond donors (Lipinski definition) is 0. The van der Waals surface area contributed by atoms with Gasteiger partial charge in [0.25, 0.3) is 5.91 Å². The smallest absolute Gasteiger partial charge is 0.253 e. The zero-order chi connectivity index (χ0) is 12.9. The maximum absolute atomic E-state index is 13.4. The van der Waals surface area contributed by atoms with Crippen molar-refractivity contribution in [2.24, 2.45) is 5.92 Å². The van der Waals surface area contributed by atoms with Crippen LogP contribution in [0.4, 0.5) is 4.39 Å². The number of hydrogen-bond acceptors (Lipinski definition) is 2. The van der Waals surface area contributed by atoms with Gasteiger partial charge in [0.15, 0.2) is 0 Å². The van der Waals surface area contributed by atoms with Crippen molar-refractivity contribution in [3.05, 3.63) is 35.1 Å². The van der Waals surface area contributed by atoms with Crippen molar-refractivity contribution < 1.29 is 9.18 Å². The van der Waals surface area contributed by atoms with Crippen LogP contribution in [0.5, 0.6) is 0 Å². The minimum atomic E-state index is -0.333. The Hall–Kier alpha value is -1.42. The van der Waals surface area contributed by atoms with Crippen molar-refractivity contribution in [2.45, 2.75) is 5.92 Å². The molecule has 2 heterocycles.